The molecule has 1 saturated carbocycles. The first kappa shape index (κ1) is 39.6. The zero-order valence-electron chi connectivity index (χ0n) is 30.3. The van der Waals surface area contributed by atoms with Gasteiger partial charge in [-0.2, -0.15) is 13.2 Å². The minimum absolute atomic E-state index is 0.0675. The maximum absolute atomic E-state index is 16.7. The molecule has 1 saturated heterocycles. The number of rotatable bonds is 11. The Balaban J connectivity index is 1.61. The van der Waals surface area contributed by atoms with Crippen LogP contribution in [0.15, 0.2) is 35.3 Å². The lowest BCUT2D eigenvalue weighted by molar-refractivity contribution is -0.139. The number of carboxylic acid groups (broad SMARTS) is 1. The van der Waals surface area contributed by atoms with E-state index in [0.717, 1.165) is 41.8 Å². The molecule has 1 aliphatic heterocycles. The van der Waals surface area contributed by atoms with Crippen LogP contribution in [0.2, 0.25) is 0 Å². The fourth-order valence-corrected chi connectivity index (χ4v) is 7.56. The normalized spacial score (nSPS) is 16.6. The van der Waals surface area contributed by atoms with E-state index in [0.29, 0.717) is 49.2 Å². The second-order valence-corrected chi connectivity index (χ2v) is 14.5. The molecule has 1 aromatic heterocycles. The Morgan fingerprint density at radius 3 is 2.13 bits per heavy atom. The zero-order chi connectivity index (χ0) is 38.9. The summed E-state index contributed by atoms with van der Waals surface area (Å²) in [6.45, 7) is 9.11. The van der Waals surface area contributed by atoms with Gasteiger partial charge in [-0.1, -0.05) is 19.8 Å². The molecule has 2 aliphatic rings. The first-order valence-corrected chi connectivity index (χ1v) is 17.7. The zero-order valence-corrected chi connectivity index (χ0v) is 30.3. The van der Waals surface area contributed by atoms with Gasteiger partial charge in [0, 0.05) is 29.4 Å². The van der Waals surface area contributed by atoms with Gasteiger partial charge in [0.25, 0.3) is 5.56 Å². The lowest BCUT2D eigenvalue weighted by Gasteiger charge is -2.34. The smallest absolute Gasteiger partial charge is 0.416 e. The molecule has 2 fully saturated rings. The van der Waals surface area contributed by atoms with E-state index in [1.165, 1.54) is 20.8 Å². The van der Waals surface area contributed by atoms with Crippen LogP contribution in [-0.2, 0) is 15.8 Å². The van der Waals surface area contributed by atoms with E-state index >= 15 is 8.78 Å². The van der Waals surface area contributed by atoms with Crippen LogP contribution in [-0.4, -0.2) is 45.6 Å². The largest absolute Gasteiger partial charge is 0.481 e. The number of aromatic nitrogens is 1. The van der Waals surface area contributed by atoms with E-state index < -0.39 is 76.6 Å². The van der Waals surface area contributed by atoms with Gasteiger partial charge in [0.15, 0.2) is 0 Å². The van der Waals surface area contributed by atoms with Crippen molar-refractivity contribution < 1.29 is 41.0 Å². The maximum atomic E-state index is 16.7. The van der Waals surface area contributed by atoms with E-state index in [9.17, 15) is 37.1 Å². The number of carbonyl (C=O) groups is 2. The number of hydrogen-bond donors (Lipinski definition) is 2. The second-order valence-electron chi connectivity index (χ2n) is 14.5. The Labute approximate surface area is 304 Å². The van der Waals surface area contributed by atoms with Crippen LogP contribution in [0.5, 0.6) is 0 Å². The quantitative estimate of drug-likeness (QED) is 0.153. The van der Waals surface area contributed by atoms with Crippen molar-refractivity contribution in [3.8, 4) is 23.0 Å². The summed E-state index contributed by atoms with van der Waals surface area (Å²) in [7, 11) is 0. The van der Waals surface area contributed by atoms with E-state index in [4.69, 9.17) is 0 Å². The third-order valence-electron chi connectivity index (χ3n) is 10.1. The molecule has 1 amide bonds. The van der Waals surface area contributed by atoms with Crippen molar-refractivity contribution in [1.82, 2.24) is 14.8 Å². The van der Waals surface area contributed by atoms with Crippen molar-refractivity contribution >= 4 is 11.9 Å². The Morgan fingerprint density at radius 2 is 1.60 bits per heavy atom. The molecule has 0 radical (unpaired) electrons. The third kappa shape index (κ3) is 8.81. The molecule has 13 heteroatoms. The Bertz CT molecular complexity index is 1990. The highest BCUT2D eigenvalue weighted by Crippen LogP contribution is 2.41. The van der Waals surface area contributed by atoms with E-state index in [1.807, 2.05) is 0 Å². The standard InChI is InChI=1S/C40H43F6N3O4/c1-6-7-25-17-28(35-22(4)15-26(41)16-23(35)5)38(43)36(37(25)42)31(19-34(51)52)47-39(53)32(14-21(2)3)49-20-29(30(18-33(49)50)40(44,45)46)24-10-12-48(13-11-24)27-8-9-27/h15-18,20-21,24,27,31-32H,8-14,19H2,1-5H3,(H,47,53)(H,51,52)/t31-,32-/m1/s1. The maximum Gasteiger partial charge on any atom is 0.416 e. The van der Waals surface area contributed by atoms with Gasteiger partial charge in [-0.15, -0.1) is 5.92 Å². The molecular weight excluding hydrogens is 700 g/mol. The topological polar surface area (TPSA) is 91.6 Å². The minimum Gasteiger partial charge on any atom is -0.481 e. The van der Waals surface area contributed by atoms with Gasteiger partial charge in [-0.25, -0.2) is 13.2 Å². The Hall–Kier alpha value is -4.57. The van der Waals surface area contributed by atoms with Crippen molar-refractivity contribution in [3.63, 3.8) is 0 Å². The van der Waals surface area contributed by atoms with E-state index in [1.54, 1.807) is 13.8 Å². The number of hydrogen-bond acceptors (Lipinski definition) is 4. The molecule has 1 aliphatic carbocycles. The number of nitrogens with zero attached hydrogens (tertiary/aromatic N) is 2. The molecule has 3 aromatic rings. The molecule has 2 N–H and O–H groups in total. The lowest BCUT2D eigenvalue weighted by atomic mass is 9.87. The molecule has 2 aromatic carbocycles. The first-order chi connectivity index (χ1) is 24.9. The Morgan fingerprint density at radius 1 is 0.981 bits per heavy atom. The van der Waals surface area contributed by atoms with Crippen LogP contribution in [0, 0.1) is 49.1 Å². The summed E-state index contributed by atoms with van der Waals surface area (Å²) in [6.07, 6.45) is -1.88. The third-order valence-corrected chi connectivity index (χ3v) is 10.1. The highest BCUT2D eigenvalue weighted by Gasteiger charge is 2.40. The summed E-state index contributed by atoms with van der Waals surface area (Å²) < 4.78 is 91.1. The predicted octanol–water partition coefficient (Wildman–Crippen LogP) is 8.20. The van der Waals surface area contributed by atoms with E-state index in [-0.39, 0.29) is 34.6 Å². The molecule has 0 bridgehead atoms. The first-order valence-electron chi connectivity index (χ1n) is 17.7. The monoisotopic (exact) mass is 743 g/mol. The van der Waals surface area contributed by atoms with Crippen LogP contribution in [0.3, 0.4) is 0 Å². The molecule has 53 heavy (non-hydrogen) atoms. The van der Waals surface area contributed by atoms with Gasteiger partial charge < -0.3 is 19.9 Å². The number of pyridine rings is 1. The summed E-state index contributed by atoms with van der Waals surface area (Å²) in [4.78, 5) is 42.1. The highest BCUT2D eigenvalue weighted by atomic mass is 19.4. The molecule has 2 atom stereocenters. The summed E-state index contributed by atoms with van der Waals surface area (Å²) in [5.41, 5.74) is -2.78. The number of aliphatic carboxylic acids is 1. The van der Waals surface area contributed by atoms with Crippen LogP contribution in [0.1, 0.15) is 111 Å². The molecular formula is C40H43F6N3O4. The number of amides is 1. The van der Waals surface area contributed by atoms with Gasteiger partial charge in [-0.05, 0) is 118 Å². The number of carboxylic acids is 1. The molecule has 7 nitrogen and oxygen atoms in total. The predicted molar refractivity (Wildman–Crippen MR) is 188 cm³/mol. The van der Waals surface area contributed by atoms with Gasteiger partial charge in [0.1, 0.15) is 23.5 Å². The summed E-state index contributed by atoms with van der Waals surface area (Å²) >= 11 is 0. The molecule has 5 rings (SSSR count). The SMILES string of the molecule is CC#Cc1cc(-c2c(C)cc(F)cc2C)c(F)c([C@@H](CC(=O)O)NC(=O)[C@@H](CC(C)C)n2cc(C3CCN(C4CC4)CC3)c(C(F)(F)F)cc2=O)c1F. The van der Waals surface area contributed by atoms with Crippen molar-refractivity contribution in [1.29, 1.82) is 0 Å². The minimum atomic E-state index is -4.84. The highest BCUT2D eigenvalue weighted by molar-refractivity contribution is 5.82. The van der Waals surface area contributed by atoms with Crippen LogP contribution in [0.4, 0.5) is 26.3 Å². The van der Waals surface area contributed by atoms with Gasteiger partial charge in [0.05, 0.1) is 23.6 Å². The number of alkyl halides is 3. The van der Waals surface area contributed by atoms with Gasteiger partial charge in [-0.3, -0.25) is 14.4 Å². The summed E-state index contributed by atoms with van der Waals surface area (Å²) in [5, 5.41) is 12.3. The molecule has 0 spiro atoms. The van der Waals surface area contributed by atoms with Crippen LogP contribution >= 0.6 is 0 Å². The molecule has 284 valence electrons. The average molecular weight is 744 g/mol. The van der Waals surface area contributed by atoms with Crippen LogP contribution in [0.25, 0.3) is 11.1 Å². The second kappa shape index (κ2) is 15.8. The number of nitrogens with one attached hydrogen (secondary N) is 1. The van der Waals surface area contributed by atoms with Gasteiger partial charge >= 0.3 is 12.1 Å². The van der Waals surface area contributed by atoms with E-state index in [2.05, 4.69) is 22.1 Å². The fraction of sp³-hybridized carbons (Fsp3) is 0.475. The van der Waals surface area contributed by atoms with Crippen molar-refractivity contribution in [2.45, 2.75) is 103 Å². The van der Waals surface area contributed by atoms with Crippen LogP contribution < -0.4 is 10.9 Å². The fourth-order valence-electron chi connectivity index (χ4n) is 7.56. The van der Waals surface area contributed by atoms with Crippen molar-refractivity contribution in [2.24, 2.45) is 5.92 Å². The number of carbonyl (C=O) groups excluding carboxylic acids is 1. The summed E-state index contributed by atoms with van der Waals surface area (Å²) in [6, 6.07) is 1.09. The van der Waals surface area contributed by atoms with Crippen molar-refractivity contribution in [3.05, 3.63) is 91.6 Å². The molecule has 2 heterocycles. The Kier molecular flexibility index (Phi) is 11.8. The summed E-state index contributed by atoms with van der Waals surface area (Å²) in [5.74, 6) is -1.31. The number of halogens is 6. The number of likely N-dealkylation sites (tertiary alicyclic amines) is 1. The number of aryl methyl sites for hydroxylation is 2. The van der Waals surface area contributed by atoms with Crippen molar-refractivity contribution in [2.75, 3.05) is 13.1 Å². The number of benzene rings is 2. The molecule has 0 unspecified atom stereocenters. The number of piperidine rings is 1. The average Bonchev–Trinajstić information content (AvgIpc) is 3.90. The lowest BCUT2D eigenvalue weighted by Crippen LogP contribution is -2.41. The van der Waals surface area contributed by atoms with Gasteiger partial charge in [0.2, 0.25) is 5.91 Å².